The quantitative estimate of drug-likeness (QED) is 0.824. The Labute approximate surface area is 111 Å². The average molecular weight is 290 g/mol. The number of halogens is 1. The van der Waals surface area contributed by atoms with E-state index in [1.807, 2.05) is 0 Å². The molecule has 1 aromatic rings. The molecule has 0 unspecified atom stereocenters. The third kappa shape index (κ3) is 4.49. The van der Waals surface area contributed by atoms with Gasteiger partial charge in [0.2, 0.25) is 0 Å². The molecular formula is C11H15FN2O4S. The van der Waals surface area contributed by atoms with E-state index < -0.39 is 22.0 Å². The third-order valence-corrected chi connectivity index (χ3v) is 3.96. The monoisotopic (exact) mass is 290 g/mol. The van der Waals surface area contributed by atoms with Crippen LogP contribution in [0.3, 0.4) is 0 Å². The largest absolute Gasteiger partial charge is 0.481 e. The fourth-order valence-corrected chi connectivity index (χ4v) is 2.33. The van der Waals surface area contributed by atoms with Gasteiger partial charge in [-0.3, -0.25) is 9.52 Å². The Bertz CT molecular complexity index is 574. The highest BCUT2D eigenvalue weighted by atomic mass is 32.2. The molecule has 0 saturated heterocycles. The Balaban J connectivity index is 2.81. The van der Waals surface area contributed by atoms with Gasteiger partial charge in [0.15, 0.2) is 0 Å². The Kier molecular flexibility index (Phi) is 4.84. The van der Waals surface area contributed by atoms with Gasteiger partial charge in [-0.1, -0.05) is 0 Å². The lowest BCUT2D eigenvalue weighted by molar-refractivity contribution is -0.137. The van der Waals surface area contributed by atoms with E-state index in [4.69, 9.17) is 5.11 Å². The topological polar surface area (TPSA) is 86.7 Å². The summed E-state index contributed by atoms with van der Waals surface area (Å²) in [6.45, 7) is 1.42. The molecule has 8 heteroatoms. The van der Waals surface area contributed by atoms with Gasteiger partial charge in [-0.15, -0.1) is 0 Å². The van der Waals surface area contributed by atoms with Gasteiger partial charge in [0, 0.05) is 13.6 Å². The lowest BCUT2D eigenvalue weighted by atomic mass is 10.2. The normalized spacial score (nSPS) is 11.6. The summed E-state index contributed by atoms with van der Waals surface area (Å²) in [7, 11) is -2.58. The molecule has 0 fully saturated rings. The number of aryl methyl sites for hydroxylation is 1. The van der Waals surface area contributed by atoms with E-state index >= 15 is 0 Å². The van der Waals surface area contributed by atoms with Gasteiger partial charge in [-0.05, 0) is 30.7 Å². The molecular weight excluding hydrogens is 275 g/mol. The van der Waals surface area contributed by atoms with E-state index in [1.54, 1.807) is 6.92 Å². The first kappa shape index (κ1) is 15.4. The second-order valence-electron chi connectivity index (χ2n) is 4.03. The summed E-state index contributed by atoms with van der Waals surface area (Å²) in [6.07, 6.45) is -0.292. The summed E-state index contributed by atoms with van der Waals surface area (Å²) in [5.74, 6) is -1.54. The Hall–Kier alpha value is -1.67. The van der Waals surface area contributed by atoms with Crippen LogP contribution in [-0.2, 0) is 15.0 Å². The molecule has 19 heavy (non-hydrogen) atoms. The molecule has 0 amide bonds. The van der Waals surface area contributed by atoms with Crippen LogP contribution in [0.5, 0.6) is 0 Å². The zero-order valence-corrected chi connectivity index (χ0v) is 11.4. The fraction of sp³-hybridized carbons (Fsp3) is 0.364. The van der Waals surface area contributed by atoms with Crippen molar-refractivity contribution in [3.8, 4) is 0 Å². The minimum atomic E-state index is -3.85. The van der Waals surface area contributed by atoms with Gasteiger partial charge in [-0.25, -0.2) is 4.39 Å². The van der Waals surface area contributed by atoms with Crippen LogP contribution in [-0.4, -0.2) is 37.4 Å². The lowest BCUT2D eigenvalue weighted by Crippen LogP contribution is -2.34. The van der Waals surface area contributed by atoms with Gasteiger partial charge in [0.25, 0.3) is 0 Å². The van der Waals surface area contributed by atoms with E-state index in [9.17, 15) is 17.6 Å². The highest BCUT2D eigenvalue weighted by Crippen LogP contribution is 2.18. The molecule has 0 aliphatic rings. The van der Waals surface area contributed by atoms with E-state index in [0.717, 1.165) is 10.4 Å². The van der Waals surface area contributed by atoms with Crippen LogP contribution in [0.2, 0.25) is 0 Å². The van der Waals surface area contributed by atoms with Gasteiger partial charge in [-0.2, -0.15) is 12.7 Å². The van der Waals surface area contributed by atoms with Crippen LogP contribution >= 0.6 is 0 Å². The maximum atomic E-state index is 12.9. The fourth-order valence-electron chi connectivity index (χ4n) is 1.33. The van der Waals surface area contributed by atoms with Gasteiger partial charge >= 0.3 is 16.2 Å². The van der Waals surface area contributed by atoms with Crippen molar-refractivity contribution in [3.05, 3.63) is 29.6 Å². The van der Waals surface area contributed by atoms with Crippen molar-refractivity contribution in [1.29, 1.82) is 0 Å². The molecule has 106 valence electrons. The minimum absolute atomic E-state index is 0.148. The van der Waals surface area contributed by atoms with Crippen LogP contribution in [0.25, 0.3) is 0 Å². The molecule has 0 spiro atoms. The van der Waals surface area contributed by atoms with Crippen LogP contribution in [0.15, 0.2) is 18.2 Å². The number of nitrogens with zero attached hydrogens (tertiary/aromatic N) is 1. The number of hydrogen-bond donors (Lipinski definition) is 2. The first-order valence-corrected chi connectivity index (χ1v) is 6.88. The molecule has 0 aliphatic heterocycles. The second kappa shape index (κ2) is 5.98. The van der Waals surface area contributed by atoms with Crippen molar-refractivity contribution in [2.24, 2.45) is 0 Å². The number of anilines is 1. The average Bonchev–Trinajstić information content (AvgIpc) is 2.29. The summed E-state index contributed by atoms with van der Waals surface area (Å²) in [4.78, 5) is 10.4. The molecule has 0 aromatic heterocycles. The standard InChI is InChI=1S/C11H15FN2O4S/c1-8-7-9(12)3-4-10(8)13-19(17,18)14(2)6-5-11(15)16/h3-4,7,13H,5-6H2,1-2H3,(H,15,16). The van der Waals surface area contributed by atoms with Crippen molar-refractivity contribution >= 4 is 21.9 Å². The van der Waals surface area contributed by atoms with Gasteiger partial charge in [0.05, 0.1) is 12.1 Å². The molecule has 0 bridgehead atoms. The molecule has 6 nitrogen and oxygen atoms in total. The van der Waals surface area contributed by atoms with Crippen LogP contribution in [0.1, 0.15) is 12.0 Å². The lowest BCUT2D eigenvalue weighted by Gasteiger charge is -2.18. The van der Waals surface area contributed by atoms with Crippen LogP contribution < -0.4 is 4.72 Å². The van der Waals surface area contributed by atoms with Crippen molar-refractivity contribution < 1.29 is 22.7 Å². The minimum Gasteiger partial charge on any atom is -0.481 e. The van der Waals surface area contributed by atoms with E-state index in [2.05, 4.69) is 4.72 Å². The van der Waals surface area contributed by atoms with Crippen molar-refractivity contribution in [2.75, 3.05) is 18.3 Å². The van der Waals surface area contributed by atoms with Gasteiger partial charge in [0.1, 0.15) is 5.82 Å². The van der Waals surface area contributed by atoms with E-state index in [-0.39, 0.29) is 18.7 Å². The maximum absolute atomic E-state index is 12.9. The Morgan fingerprint density at radius 2 is 2.11 bits per heavy atom. The molecule has 0 saturated carbocycles. The number of hydrogen-bond acceptors (Lipinski definition) is 3. The summed E-state index contributed by atoms with van der Waals surface area (Å²) in [5, 5.41) is 8.51. The smallest absolute Gasteiger partial charge is 0.304 e. The summed E-state index contributed by atoms with van der Waals surface area (Å²) in [5.41, 5.74) is 0.693. The summed E-state index contributed by atoms with van der Waals surface area (Å²) >= 11 is 0. The zero-order chi connectivity index (χ0) is 14.6. The molecule has 0 aliphatic carbocycles. The molecule has 2 N–H and O–H groups in total. The predicted octanol–water partition coefficient (Wildman–Crippen LogP) is 1.20. The SMILES string of the molecule is Cc1cc(F)ccc1NS(=O)(=O)N(C)CCC(=O)O. The zero-order valence-electron chi connectivity index (χ0n) is 10.6. The number of nitrogens with one attached hydrogen (secondary N) is 1. The highest BCUT2D eigenvalue weighted by molar-refractivity contribution is 7.90. The molecule has 1 rings (SSSR count). The number of aliphatic carboxylic acids is 1. The van der Waals surface area contributed by atoms with Crippen LogP contribution in [0.4, 0.5) is 10.1 Å². The number of carbonyl (C=O) groups is 1. The Morgan fingerprint density at radius 3 is 2.63 bits per heavy atom. The van der Waals surface area contributed by atoms with E-state index in [0.29, 0.717) is 5.56 Å². The number of carboxylic acid groups (broad SMARTS) is 1. The second-order valence-corrected chi connectivity index (χ2v) is 5.81. The predicted molar refractivity (Wildman–Crippen MR) is 68.6 cm³/mol. The Morgan fingerprint density at radius 1 is 1.47 bits per heavy atom. The molecule has 0 radical (unpaired) electrons. The first-order chi connectivity index (χ1) is 8.72. The van der Waals surface area contributed by atoms with Gasteiger partial charge < -0.3 is 5.11 Å². The van der Waals surface area contributed by atoms with E-state index in [1.165, 1.54) is 19.2 Å². The highest BCUT2D eigenvalue weighted by Gasteiger charge is 2.19. The van der Waals surface area contributed by atoms with Crippen molar-refractivity contribution in [2.45, 2.75) is 13.3 Å². The summed E-state index contributed by atoms with van der Waals surface area (Å²) < 4.78 is 39.8. The molecule has 0 heterocycles. The molecule has 1 aromatic carbocycles. The number of rotatable bonds is 6. The maximum Gasteiger partial charge on any atom is 0.304 e. The van der Waals surface area contributed by atoms with Crippen molar-refractivity contribution in [1.82, 2.24) is 4.31 Å². The molecule has 0 atom stereocenters. The summed E-state index contributed by atoms with van der Waals surface area (Å²) in [6, 6.07) is 3.66. The van der Waals surface area contributed by atoms with Crippen molar-refractivity contribution in [3.63, 3.8) is 0 Å². The first-order valence-electron chi connectivity index (χ1n) is 5.44. The van der Waals surface area contributed by atoms with Crippen LogP contribution in [0, 0.1) is 12.7 Å². The third-order valence-electron chi connectivity index (χ3n) is 2.48. The number of carboxylic acids is 1. The number of benzene rings is 1.